The first-order valence-electron chi connectivity index (χ1n) is 4.96. The number of halogens is 1. The Kier molecular flexibility index (Phi) is 8.30. The van der Waals surface area contributed by atoms with Crippen molar-refractivity contribution in [3.8, 4) is 5.75 Å². The summed E-state index contributed by atoms with van der Waals surface area (Å²) in [5.41, 5.74) is 2.57. The van der Waals surface area contributed by atoms with Crippen molar-refractivity contribution in [3.05, 3.63) is 65.7 Å². The molecule has 1 nitrogen and oxygen atoms in total. The number of hydrogen-bond acceptors (Lipinski definition) is 1. The Morgan fingerprint density at radius 3 is 2.29 bits per heavy atom. The van der Waals surface area contributed by atoms with E-state index < -0.39 is 0 Å². The molecule has 0 aliphatic rings. The predicted octanol–water partition coefficient (Wildman–Crippen LogP) is -0.291. The van der Waals surface area contributed by atoms with Gasteiger partial charge in [0.15, 0.2) is 0 Å². The van der Waals surface area contributed by atoms with Crippen LogP contribution in [-0.2, 0) is 6.42 Å². The molecular formula is C14H13BrMgO. The van der Waals surface area contributed by atoms with Gasteiger partial charge in [-0.15, -0.1) is 0 Å². The number of rotatable bonds is 3. The fourth-order valence-corrected chi connectivity index (χ4v) is 1.52. The van der Waals surface area contributed by atoms with Crippen molar-refractivity contribution < 1.29 is 21.7 Å². The molecule has 0 atom stereocenters. The summed E-state index contributed by atoms with van der Waals surface area (Å²) >= 11 is 0. The molecule has 2 aromatic carbocycles. The van der Waals surface area contributed by atoms with E-state index >= 15 is 0 Å². The Bertz CT molecular complexity index is 414. The van der Waals surface area contributed by atoms with Crippen LogP contribution in [0.5, 0.6) is 5.75 Å². The third-order valence-electron chi connectivity index (χ3n) is 2.34. The quantitative estimate of drug-likeness (QED) is 0.559. The molecule has 0 bridgehead atoms. The zero-order valence-corrected chi connectivity index (χ0v) is 12.8. The number of hydrogen-bond donors (Lipinski definition) is 0. The first-order chi connectivity index (χ1) is 7.38. The van der Waals surface area contributed by atoms with E-state index in [1.54, 1.807) is 7.11 Å². The molecule has 2 rings (SSSR count). The monoisotopic (exact) mass is 300 g/mol. The number of benzene rings is 2. The summed E-state index contributed by atoms with van der Waals surface area (Å²) in [7, 11) is 1.68. The SMILES string of the molecule is COc1ccc(Cc2c[c-]ccc2)cc1.[Br-].[Mg+2]. The van der Waals surface area contributed by atoms with Crippen LogP contribution in [0.25, 0.3) is 0 Å². The average molecular weight is 301 g/mol. The molecule has 0 aromatic heterocycles. The van der Waals surface area contributed by atoms with E-state index in [1.165, 1.54) is 11.1 Å². The summed E-state index contributed by atoms with van der Waals surface area (Å²) in [5.74, 6) is 0.901. The van der Waals surface area contributed by atoms with Crippen LogP contribution in [0.4, 0.5) is 0 Å². The summed E-state index contributed by atoms with van der Waals surface area (Å²) < 4.78 is 5.11. The molecule has 3 heteroatoms. The predicted molar refractivity (Wildman–Crippen MR) is 66.8 cm³/mol. The summed E-state index contributed by atoms with van der Waals surface area (Å²) in [5, 5.41) is 0. The summed E-state index contributed by atoms with van der Waals surface area (Å²) in [6, 6.07) is 19.3. The number of ether oxygens (including phenoxy) is 1. The van der Waals surface area contributed by atoms with Crippen molar-refractivity contribution in [2.24, 2.45) is 0 Å². The molecule has 0 N–H and O–H groups in total. The van der Waals surface area contributed by atoms with Crippen LogP contribution in [0.3, 0.4) is 0 Å². The molecule has 2 aromatic rings. The summed E-state index contributed by atoms with van der Waals surface area (Å²) in [6.45, 7) is 0. The van der Waals surface area contributed by atoms with Gasteiger partial charge in [-0.1, -0.05) is 17.7 Å². The van der Waals surface area contributed by atoms with Crippen molar-refractivity contribution in [2.45, 2.75) is 6.42 Å². The molecule has 0 heterocycles. The smallest absolute Gasteiger partial charge is 1.00 e. The summed E-state index contributed by atoms with van der Waals surface area (Å²) in [4.78, 5) is 0. The minimum absolute atomic E-state index is 0. The van der Waals surface area contributed by atoms with Gasteiger partial charge < -0.3 is 21.7 Å². The molecule has 84 valence electrons. The van der Waals surface area contributed by atoms with Gasteiger partial charge in [0.25, 0.3) is 0 Å². The van der Waals surface area contributed by atoms with Gasteiger partial charge >= 0.3 is 23.1 Å². The van der Waals surface area contributed by atoms with E-state index in [-0.39, 0.29) is 40.0 Å². The molecule has 0 aliphatic carbocycles. The van der Waals surface area contributed by atoms with Gasteiger partial charge in [-0.05, 0) is 18.6 Å². The van der Waals surface area contributed by atoms with Crippen molar-refractivity contribution in [1.82, 2.24) is 0 Å². The third-order valence-corrected chi connectivity index (χ3v) is 2.34. The van der Waals surface area contributed by atoms with Crippen LogP contribution in [0.2, 0.25) is 0 Å². The van der Waals surface area contributed by atoms with E-state index in [0.717, 1.165) is 12.2 Å². The van der Waals surface area contributed by atoms with Crippen molar-refractivity contribution in [1.29, 1.82) is 0 Å². The maximum Gasteiger partial charge on any atom is 2.00 e. The molecule has 0 saturated heterocycles. The molecule has 0 saturated carbocycles. The standard InChI is InChI=1S/C14H13O.BrH.Mg/c1-15-14-9-7-13(8-10-14)11-12-5-3-2-4-6-12;;/h2-3,5-10H,11H2,1H3;1H;/q-1;;+2/p-1. The molecule has 0 spiro atoms. The second-order valence-corrected chi connectivity index (χ2v) is 3.44. The van der Waals surface area contributed by atoms with Crippen LogP contribution in [0.15, 0.2) is 48.5 Å². The fourth-order valence-electron chi connectivity index (χ4n) is 1.52. The maximum atomic E-state index is 5.11. The second-order valence-electron chi connectivity index (χ2n) is 3.44. The van der Waals surface area contributed by atoms with Crippen LogP contribution >= 0.6 is 0 Å². The molecule has 0 fully saturated rings. The molecular weight excluding hydrogens is 288 g/mol. The van der Waals surface area contributed by atoms with Crippen molar-refractivity contribution in [3.63, 3.8) is 0 Å². The van der Waals surface area contributed by atoms with Gasteiger partial charge in [0, 0.05) is 0 Å². The van der Waals surface area contributed by atoms with Crippen molar-refractivity contribution in [2.75, 3.05) is 7.11 Å². The van der Waals surface area contributed by atoms with E-state index in [0.29, 0.717) is 0 Å². The van der Waals surface area contributed by atoms with Gasteiger partial charge in [-0.25, -0.2) is 0 Å². The Balaban J connectivity index is 0.00000128. The maximum absolute atomic E-state index is 5.11. The largest absolute Gasteiger partial charge is 2.00 e. The fraction of sp³-hybridized carbons (Fsp3) is 0.143. The first-order valence-corrected chi connectivity index (χ1v) is 4.96. The second kappa shape index (κ2) is 8.56. The van der Waals surface area contributed by atoms with E-state index in [9.17, 15) is 0 Å². The van der Waals surface area contributed by atoms with E-state index in [4.69, 9.17) is 4.74 Å². The molecule has 0 aliphatic heterocycles. The van der Waals surface area contributed by atoms with Crippen molar-refractivity contribution >= 4 is 23.1 Å². The Hall–Kier alpha value is -0.514. The van der Waals surface area contributed by atoms with E-state index in [2.05, 4.69) is 24.3 Å². The molecule has 0 unspecified atom stereocenters. The topological polar surface area (TPSA) is 9.23 Å². The van der Waals surface area contributed by atoms with Crippen LogP contribution < -0.4 is 21.7 Å². The van der Waals surface area contributed by atoms with E-state index in [1.807, 2.05) is 30.3 Å². The minimum atomic E-state index is 0. The van der Waals surface area contributed by atoms with Gasteiger partial charge in [-0.2, -0.15) is 35.9 Å². The zero-order chi connectivity index (χ0) is 10.5. The zero-order valence-electron chi connectivity index (χ0n) is 9.82. The summed E-state index contributed by atoms with van der Waals surface area (Å²) in [6.07, 6.45) is 0.946. The molecule has 0 amide bonds. The Morgan fingerprint density at radius 1 is 1.06 bits per heavy atom. The minimum Gasteiger partial charge on any atom is -1.00 e. The first kappa shape index (κ1) is 16.5. The van der Waals surface area contributed by atoms with Gasteiger partial charge in [0.2, 0.25) is 0 Å². The van der Waals surface area contributed by atoms with Gasteiger partial charge in [0.1, 0.15) is 5.75 Å². The van der Waals surface area contributed by atoms with Gasteiger partial charge in [0.05, 0.1) is 7.11 Å². The van der Waals surface area contributed by atoms with Crippen LogP contribution in [0, 0.1) is 6.07 Å². The van der Waals surface area contributed by atoms with Crippen LogP contribution in [-0.4, -0.2) is 30.2 Å². The van der Waals surface area contributed by atoms with Crippen LogP contribution in [0.1, 0.15) is 11.1 Å². The van der Waals surface area contributed by atoms with Gasteiger partial charge in [-0.3, -0.25) is 0 Å². The third kappa shape index (κ3) is 5.11. The normalized spacial score (nSPS) is 8.76. The average Bonchev–Trinajstić information content (AvgIpc) is 2.31. The Morgan fingerprint density at radius 2 is 1.76 bits per heavy atom. The number of methoxy groups -OCH3 is 1. The molecule has 0 radical (unpaired) electrons. The molecule has 17 heavy (non-hydrogen) atoms. The Labute approximate surface area is 129 Å².